The number of nitrogens with zero attached hydrogens (tertiary/aromatic N) is 2. The van der Waals surface area contributed by atoms with E-state index in [0.29, 0.717) is 27.3 Å². The van der Waals surface area contributed by atoms with E-state index in [4.69, 9.17) is 18.6 Å². The van der Waals surface area contributed by atoms with Crippen LogP contribution in [-0.4, -0.2) is 37.3 Å². The highest BCUT2D eigenvalue weighted by Crippen LogP contribution is 2.33. The van der Waals surface area contributed by atoms with Crippen LogP contribution in [0.15, 0.2) is 56.9 Å². The van der Waals surface area contributed by atoms with Gasteiger partial charge in [0.05, 0.1) is 36.4 Å². The molecule has 0 saturated carbocycles. The van der Waals surface area contributed by atoms with Crippen LogP contribution >= 0.6 is 11.3 Å². The normalized spacial score (nSPS) is 11.7. The Morgan fingerprint density at radius 3 is 2.58 bits per heavy atom. The fourth-order valence-corrected chi connectivity index (χ4v) is 4.38. The van der Waals surface area contributed by atoms with Crippen molar-refractivity contribution < 1.29 is 28.2 Å². The third-order valence-electron chi connectivity index (χ3n) is 4.89. The summed E-state index contributed by atoms with van der Waals surface area (Å²) in [6.45, 7) is 1.74. The molecule has 2 heterocycles. The number of hydrogen-bond acceptors (Lipinski definition) is 8. The molecule has 0 aliphatic carbocycles. The lowest BCUT2D eigenvalue weighted by atomic mass is 10.2. The molecule has 0 N–H and O–H groups in total. The number of amides is 1. The van der Waals surface area contributed by atoms with Gasteiger partial charge in [-0.1, -0.05) is 23.5 Å². The number of aromatic nitrogens is 1. The molecule has 170 valence electrons. The maximum Gasteiger partial charge on any atom is 0.326 e. The summed E-state index contributed by atoms with van der Waals surface area (Å²) in [5.41, 5.74) is 0.288. The van der Waals surface area contributed by atoms with Gasteiger partial charge in [0.1, 0.15) is 24.0 Å². The summed E-state index contributed by atoms with van der Waals surface area (Å²) in [4.78, 5) is 42.4. The van der Waals surface area contributed by atoms with E-state index < -0.39 is 17.3 Å². The van der Waals surface area contributed by atoms with Gasteiger partial charge in [0.15, 0.2) is 16.3 Å². The summed E-state index contributed by atoms with van der Waals surface area (Å²) >= 11 is 1.16. The van der Waals surface area contributed by atoms with E-state index in [9.17, 15) is 14.4 Å². The van der Waals surface area contributed by atoms with Gasteiger partial charge in [-0.25, -0.2) is 0 Å². The molecular formula is C23H20N2O7S. The second-order valence-electron chi connectivity index (χ2n) is 6.84. The third-order valence-corrected chi connectivity index (χ3v) is 5.93. The van der Waals surface area contributed by atoms with Gasteiger partial charge in [0.25, 0.3) is 5.91 Å². The van der Waals surface area contributed by atoms with Crippen LogP contribution in [0.2, 0.25) is 0 Å². The first kappa shape index (κ1) is 22.3. The van der Waals surface area contributed by atoms with Crippen molar-refractivity contribution in [1.82, 2.24) is 4.57 Å². The highest BCUT2D eigenvalue weighted by atomic mass is 32.1. The maximum atomic E-state index is 13.0. The van der Waals surface area contributed by atoms with Crippen LogP contribution in [-0.2, 0) is 16.1 Å². The van der Waals surface area contributed by atoms with Crippen molar-refractivity contribution in [2.75, 3.05) is 20.8 Å². The smallest absolute Gasteiger partial charge is 0.326 e. The number of hydrogen-bond donors (Lipinski definition) is 0. The second kappa shape index (κ2) is 9.29. The summed E-state index contributed by atoms with van der Waals surface area (Å²) < 4.78 is 23.5. The number of ether oxygens (including phenoxy) is 3. The van der Waals surface area contributed by atoms with Gasteiger partial charge in [-0.3, -0.25) is 14.4 Å². The van der Waals surface area contributed by atoms with Crippen LogP contribution < -0.4 is 19.7 Å². The van der Waals surface area contributed by atoms with E-state index in [0.717, 1.165) is 17.6 Å². The first-order chi connectivity index (χ1) is 16.0. The summed E-state index contributed by atoms with van der Waals surface area (Å²) in [6, 6.07) is 10.1. The Bertz CT molecular complexity index is 1500. The molecule has 0 aliphatic rings. The Morgan fingerprint density at radius 2 is 1.85 bits per heavy atom. The average molecular weight is 468 g/mol. The van der Waals surface area contributed by atoms with Crippen molar-refractivity contribution in [3.63, 3.8) is 0 Å². The summed E-state index contributed by atoms with van der Waals surface area (Å²) in [5.74, 6) is -0.334. The van der Waals surface area contributed by atoms with Crippen LogP contribution in [0.25, 0.3) is 21.2 Å². The molecule has 1 amide bonds. The number of para-hydroxylation sites is 1. The molecule has 0 atom stereocenters. The lowest BCUT2D eigenvalue weighted by Crippen LogP contribution is -2.24. The van der Waals surface area contributed by atoms with Crippen LogP contribution in [0.1, 0.15) is 17.3 Å². The number of fused-ring (bicyclic) bond motifs is 2. The number of benzene rings is 2. The fourth-order valence-electron chi connectivity index (χ4n) is 3.34. The Kier molecular flexibility index (Phi) is 6.27. The van der Waals surface area contributed by atoms with Crippen molar-refractivity contribution in [2.45, 2.75) is 13.5 Å². The van der Waals surface area contributed by atoms with Crippen LogP contribution in [0.4, 0.5) is 0 Å². The predicted octanol–water partition coefficient (Wildman–Crippen LogP) is 3.13. The molecule has 0 aliphatic heterocycles. The number of rotatable bonds is 6. The van der Waals surface area contributed by atoms with Gasteiger partial charge in [-0.15, -0.1) is 0 Å². The summed E-state index contributed by atoms with van der Waals surface area (Å²) in [5, 5.41) is 0.281. The second-order valence-corrected chi connectivity index (χ2v) is 7.85. The SMILES string of the molecule is CCOC(=O)Cn1c(=NC(=O)c2coc3ccccc3c2=O)sc2cc(OC)c(OC)cc21. The predicted molar refractivity (Wildman–Crippen MR) is 122 cm³/mol. The molecule has 0 radical (unpaired) electrons. The van der Waals surface area contributed by atoms with Gasteiger partial charge >= 0.3 is 5.97 Å². The monoisotopic (exact) mass is 468 g/mol. The van der Waals surface area contributed by atoms with E-state index in [2.05, 4.69) is 4.99 Å². The molecule has 0 unspecified atom stereocenters. The number of carbonyl (C=O) groups is 2. The number of thiazole rings is 1. The van der Waals surface area contributed by atoms with Crippen molar-refractivity contribution >= 4 is 44.4 Å². The van der Waals surface area contributed by atoms with Gasteiger partial charge in [-0.2, -0.15) is 4.99 Å². The minimum Gasteiger partial charge on any atom is -0.493 e. The summed E-state index contributed by atoms with van der Waals surface area (Å²) in [6.07, 6.45) is 1.10. The van der Waals surface area contributed by atoms with E-state index in [-0.39, 0.29) is 28.9 Å². The first-order valence-electron chi connectivity index (χ1n) is 9.97. The molecule has 2 aromatic heterocycles. The molecule has 4 rings (SSSR count). The topological polar surface area (TPSA) is 109 Å². The lowest BCUT2D eigenvalue weighted by Gasteiger charge is -2.09. The fraction of sp³-hybridized carbons (Fsp3) is 0.217. The van der Waals surface area contributed by atoms with Gasteiger partial charge in [0, 0.05) is 12.1 Å². The van der Waals surface area contributed by atoms with E-state index >= 15 is 0 Å². The molecule has 0 fully saturated rings. The van der Waals surface area contributed by atoms with E-state index in [1.165, 1.54) is 14.2 Å². The first-order valence-corrected chi connectivity index (χ1v) is 10.8. The zero-order valence-corrected chi connectivity index (χ0v) is 18.9. The quantitative estimate of drug-likeness (QED) is 0.400. The standard InChI is InChI=1S/C23H20N2O7S/c1-4-31-20(26)11-25-15-9-17(29-2)18(30-3)10-19(15)33-23(25)24-22(28)14-12-32-16-8-6-5-7-13(16)21(14)27/h5-10,12H,4,11H2,1-3H3. The van der Waals surface area contributed by atoms with Crippen molar-refractivity contribution in [2.24, 2.45) is 4.99 Å². The van der Waals surface area contributed by atoms with Gasteiger partial charge in [0.2, 0.25) is 5.43 Å². The zero-order chi connectivity index (χ0) is 23.5. The van der Waals surface area contributed by atoms with Crippen LogP contribution in [0.3, 0.4) is 0 Å². The molecule has 0 bridgehead atoms. The molecular weight excluding hydrogens is 448 g/mol. The van der Waals surface area contributed by atoms with Gasteiger partial charge < -0.3 is 23.2 Å². The average Bonchev–Trinajstić information content (AvgIpc) is 3.14. The van der Waals surface area contributed by atoms with E-state index in [1.54, 1.807) is 47.9 Å². The molecule has 4 aromatic rings. The maximum absolute atomic E-state index is 13.0. The molecule has 0 spiro atoms. The van der Waals surface area contributed by atoms with Crippen LogP contribution in [0.5, 0.6) is 11.5 Å². The molecule has 10 heteroatoms. The highest BCUT2D eigenvalue weighted by molar-refractivity contribution is 7.16. The zero-order valence-electron chi connectivity index (χ0n) is 18.1. The summed E-state index contributed by atoms with van der Waals surface area (Å²) in [7, 11) is 3.01. The third kappa shape index (κ3) is 4.24. The largest absolute Gasteiger partial charge is 0.493 e. The van der Waals surface area contributed by atoms with Crippen molar-refractivity contribution in [3.8, 4) is 11.5 Å². The Hall–Kier alpha value is -3.92. The molecule has 9 nitrogen and oxygen atoms in total. The lowest BCUT2D eigenvalue weighted by molar-refractivity contribution is -0.143. The Labute approximate surface area is 191 Å². The molecule has 2 aromatic carbocycles. The van der Waals surface area contributed by atoms with Gasteiger partial charge in [-0.05, 0) is 19.1 Å². The number of carbonyl (C=O) groups excluding carboxylic acids is 2. The van der Waals surface area contributed by atoms with Crippen LogP contribution in [0, 0.1) is 0 Å². The minimum absolute atomic E-state index is 0.179. The highest BCUT2D eigenvalue weighted by Gasteiger charge is 2.18. The van der Waals surface area contributed by atoms with E-state index in [1.807, 2.05) is 0 Å². The number of esters is 1. The van der Waals surface area contributed by atoms with Crippen molar-refractivity contribution in [1.29, 1.82) is 0 Å². The minimum atomic E-state index is -0.780. The Balaban J connectivity index is 1.89. The molecule has 0 saturated heterocycles. The Morgan fingerprint density at radius 1 is 1.12 bits per heavy atom. The number of methoxy groups -OCH3 is 2. The molecule has 33 heavy (non-hydrogen) atoms. The van der Waals surface area contributed by atoms with Crippen molar-refractivity contribution in [3.05, 3.63) is 63.2 Å².